The fraction of sp³-hybridized carbons (Fsp3) is 0.379. The van der Waals surface area contributed by atoms with Crippen molar-refractivity contribution < 1.29 is 28.9 Å². The van der Waals surface area contributed by atoms with E-state index in [1.807, 2.05) is 32.0 Å². The molecule has 1 unspecified atom stereocenters. The van der Waals surface area contributed by atoms with Crippen LogP contribution in [0.2, 0.25) is 0 Å². The van der Waals surface area contributed by atoms with E-state index in [9.17, 15) is 14.7 Å². The number of nitrogens with zero attached hydrogens (tertiary/aromatic N) is 2. The number of Topliss-reactive ketones (excluding diaryl/α,β-unsaturated/α-hetero) is 1. The number of amides is 1. The van der Waals surface area contributed by atoms with Gasteiger partial charge in [0.05, 0.1) is 31.4 Å². The van der Waals surface area contributed by atoms with E-state index in [0.717, 1.165) is 24.2 Å². The number of benzene rings is 2. The second-order valence-corrected chi connectivity index (χ2v) is 9.02. The van der Waals surface area contributed by atoms with Crippen molar-refractivity contribution >= 4 is 17.4 Å². The van der Waals surface area contributed by atoms with Crippen molar-refractivity contribution in [3.05, 3.63) is 77.4 Å². The quantitative estimate of drug-likeness (QED) is 0.227. The summed E-state index contributed by atoms with van der Waals surface area (Å²) in [5, 5.41) is 11.4. The maximum Gasteiger partial charge on any atom is 0.295 e. The fourth-order valence-electron chi connectivity index (χ4n) is 4.74. The second-order valence-electron chi connectivity index (χ2n) is 9.02. The molecule has 2 aromatic carbocycles. The first-order valence-corrected chi connectivity index (χ1v) is 12.6. The first kappa shape index (κ1) is 26.4. The average molecular weight is 507 g/mol. The van der Waals surface area contributed by atoms with Crippen LogP contribution < -0.4 is 9.47 Å². The number of hydrogen-bond acceptors (Lipinski definition) is 7. The molecule has 8 heteroatoms. The molecule has 196 valence electrons. The topological polar surface area (TPSA) is 88.5 Å². The number of rotatable bonds is 10. The van der Waals surface area contributed by atoms with Gasteiger partial charge >= 0.3 is 0 Å². The largest absolute Gasteiger partial charge is 0.507 e. The highest BCUT2D eigenvalue weighted by Crippen LogP contribution is 2.40. The molecule has 2 heterocycles. The van der Waals surface area contributed by atoms with Crippen LogP contribution in [-0.2, 0) is 14.3 Å². The van der Waals surface area contributed by atoms with E-state index >= 15 is 0 Å². The number of hydrogen-bond donors (Lipinski definition) is 1. The molecule has 8 nitrogen and oxygen atoms in total. The third kappa shape index (κ3) is 5.87. The van der Waals surface area contributed by atoms with Gasteiger partial charge in [0.2, 0.25) is 0 Å². The summed E-state index contributed by atoms with van der Waals surface area (Å²) < 4.78 is 16.6. The Morgan fingerprint density at radius 2 is 1.78 bits per heavy atom. The van der Waals surface area contributed by atoms with Gasteiger partial charge in [0, 0.05) is 31.7 Å². The summed E-state index contributed by atoms with van der Waals surface area (Å²) in [6, 6.07) is 11.8. The number of aliphatic hydroxyl groups is 1. The van der Waals surface area contributed by atoms with Gasteiger partial charge in [-0.15, -0.1) is 0 Å². The van der Waals surface area contributed by atoms with Crippen LogP contribution in [0.25, 0.3) is 5.76 Å². The van der Waals surface area contributed by atoms with Crippen LogP contribution >= 0.6 is 0 Å². The normalized spacial score (nSPS) is 19.7. The molecule has 1 atom stereocenters. The van der Waals surface area contributed by atoms with E-state index in [-0.39, 0.29) is 11.3 Å². The number of ether oxygens (including phenoxy) is 3. The van der Waals surface area contributed by atoms with Crippen LogP contribution in [0.5, 0.6) is 11.5 Å². The highest BCUT2D eigenvalue weighted by molar-refractivity contribution is 6.46. The number of aryl methyl sites for hydroxylation is 1. The van der Waals surface area contributed by atoms with Gasteiger partial charge in [0.25, 0.3) is 11.7 Å². The summed E-state index contributed by atoms with van der Waals surface area (Å²) in [7, 11) is 0. The number of carbonyl (C=O) groups is 2. The Morgan fingerprint density at radius 1 is 1.08 bits per heavy atom. The van der Waals surface area contributed by atoms with E-state index < -0.39 is 17.7 Å². The van der Waals surface area contributed by atoms with Gasteiger partial charge in [0.1, 0.15) is 23.9 Å². The van der Waals surface area contributed by atoms with Crippen LogP contribution in [0.15, 0.2) is 60.7 Å². The molecule has 37 heavy (non-hydrogen) atoms. The second kappa shape index (κ2) is 12.1. The summed E-state index contributed by atoms with van der Waals surface area (Å²) in [5.41, 5.74) is 2.04. The Labute approximate surface area is 217 Å². The first-order chi connectivity index (χ1) is 17.9. The zero-order valence-corrected chi connectivity index (χ0v) is 21.4. The molecule has 2 fully saturated rings. The molecule has 0 aliphatic carbocycles. The van der Waals surface area contributed by atoms with Crippen LogP contribution in [0.3, 0.4) is 0 Å². The Balaban J connectivity index is 1.72. The number of aliphatic hydroxyl groups excluding tert-OH is 1. The van der Waals surface area contributed by atoms with Crippen molar-refractivity contribution in [1.82, 2.24) is 9.80 Å². The van der Waals surface area contributed by atoms with Gasteiger partial charge < -0.3 is 24.2 Å². The third-order valence-corrected chi connectivity index (χ3v) is 6.63. The molecule has 2 aromatic rings. The smallest absolute Gasteiger partial charge is 0.295 e. The Kier molecular flexibility index (Phi) is 8.63. The van der Waals surface area contributed by atoms with Crippen LogP contribution in [0.4, 0.5) is 0 Å². The molecule has 0 radical (unpaired) electrons. The molecule has 1 N–H and O–H groups in total. The van der Waals surface area contributed by atoms with Crippen molar-refractivity contribution in [3.63, 3.8) is 0 Å². The lowest BCUT2D eigenvalue weighted by molar-refractivity contribution is -0.140. The van der Waals surface area contributed by atoms with Crippen molar-refractivity contribution in [2.45, 2.75) is 19.9 Å². The predicted molar refractivity (Wildman–Crippen MR) is 141 cm³/mol. The number of ketones is 1. The molecule has 2 aliphatic heterocycles. The maximum atomic E-state index is 13.4. The summed E-state index contributed by atoms with van der Waals surface area (Å²) in [6.07, 6.45) is 1.66. The zero-order valence-electron chi connectivity index (χ0n) is 21.4. The maximum absolute atomic E-state index is 13.4. The molecule has 0 aromatic heterocycles. The summed E-state index contributed by atoms with van der Waals surface area (Å²) in [5.74, 6) is -0.171. The standard InChI is InChI=1S/C29H34N2O6/c1-4-16-37-22-8-6-21(7-9-22)26-25(27(32)24-11-10-23(36-5-2)19-20(24)3)28(33)29(34)31(26)13-12-30-14-17-35-18-15-30/h4,6-11,19,26,32H,1,5,12-18H2,2-3H3/b27-25-. The summed E-state index contributed by atoms with van der Waals surface area (Å²) >= 11 is 0. The predicted octanol–water partition coefficient (Wildman–Crippen LogP) is 3.71. The monoisotopic (exact) mass is 506 g/mol. The number of likely N-dealkylation sites (tertiary alicyclic amines) is 1. The van der Waals surface area contributed by atoms with E-state index in [2.05, 4.69) is 11.5 Å². The number of carbonyl (C=O) groups excluding carboxylic acids is 2. The van der Waals surface area contributed by atoms with Gasteiger partial charge in [-0.05, 0) is 55.3 Å². The SMILES string of the molecule is C=CCOc1ccc(C2/C(=C(/O)c3ccc(OCC)cc3C)C(=O)C(=O)N2CCN2CCOCC2)cc1. The van der Waals surface area contributed by atoms with Gasteiger partial charge in [0.15, 0.2) is 0 Å². The minimum Gasteiger partial charge on any atom is -0.507 e. The van der Waals surface area contributed by atoms with Gasteiger partial charge in [-0.2, -0.15) is 0 Å². The lowest BCUT2D eigenvalue weighted by atomic mass is 9.94. The molecule has 2 saturated heterocycles. The van der Waals surface area contributed by atoms with E-state index in [0.29, 0.717) is 56.6 Å². The first-order valence-electron chi connectivity index (χ1n) is 12.6. The van der Waals surface area contributed by atoms with Gasteiger partial charge in [-0.3, -0.25) is 14.5 Å². The molecule has 4 rings (SSSR count). The third-order valence-electron chi connectivity index (χ3n) is 6.63. The van der Waals surface area contributed by atoms with Crippen molar-refractivity contribution in [2.24, 2.45) is 0 Å². The Morgan fingerprint density at radius 3 is 2.43 bits per heavy atom. The number of morpholine rings is 1. The lowest BCUT2D eigenvalue weighted by Crippen LogP contribution is -2.42. The molecule has 0 bridgehead atoms. The van der Waals surface area contributed by atoms with Gasteiger partial charge in [-0.25, -0.2) is 0 Å². The Bertz CT molecular complexity index is 1170. The molecule has 1 amide bonds. The van der Waals surface area contributed by atoms with Gasteiger partial charge in [-0.1, -0.05) is 24.8 Å². The molecule has 2 aliphatic rings. The molecular weight excluding hydrogens is 472 g/mol. The van der Waals surface area contributed by atoms with E-state index in [4.69, 9.17) is 14.2 Å². The molecule has 0 saturated carbocycles. The van der Waals surface area contributed by atoms with Crippen molar-refractivity contribution in [1.29, 1.82) is 0 Å². The highest BCUT2D eigenvalue weighted by Gasteiger charge is 2.46. The van der Waals surface area contributed by atoms with E-state index in [1.54, 1.807) is 35.2 Å². The molecular formula is C29H34N2O6. The fourth-order valence-corrected chi connectivity index (χ4v) is 4.74. The minimum atomic E-state index is -0.722. The summed E-state index contributed by atoms with van der Waals surface area (Å²) in [4.78, 5) is 30.4. The minimum absolute atomic E-state index is 0.0824. The van der Waals surface area contributed by atoms with Crippen molar-refractivity contribution in [3.8, 4) is 11.5 Å². The zero-order chi connectivity index (χ0) is 26.4. The van der Waals surface area contributed by atoms with Crippen LogP contribution in [-0.4, -0.2) is 79.2 Å². The lowest BCUT2D eigenvalue weighted by Gasteiger charge is -2.31. The van der Waals surface area contributed by atoms with E-state index in [1.165, 1.54) is 0 Å². The molecule has 0 spiro atoms. The summed E-state index contributed by atoms with van der Waals surface area (Å²) in [6.45, 7) is 12.1. The Hall–Kier alpha value is -3.62. The van der Waals surface area contributed by atoms with Crippen LogP contribution in [0.1, 0.15) is 29.7 Å². The van der Waals surface area contributed by atoms with Crippen molar-refractivity contribution in [2.75, 3.05) is 52.6 Å². The highest BCUT2D eigenvalue weighted by atomic mass is 16.5. The average Bonchev–Trinajstić information content (AvgIpc) is 3.16. The van der Waals surface area contributed by atoms with Crippen LogP contribution in [0, 0.1) is 6.92 Å².